The maximum absolute atomic E-state index is 11.1. The van der Waals surface area contributed by atoms with Crippen molar-refractivity contribution < 1.29 is 8.42 Å². The van der Waals surface area contributed by atoms with Gasteiger partial charge in [-0.05, 0) is 5.56 Å². The summed E-state index contributed by atoms with van der Waals surface area (Å²) >= 11 is 0. The Morgan fingerprint density at radius 3 is 2.25 bits per heavy atom. The molecule has 0 heterocycles. The molecule has 12 heavy (non-hydrogen) atoms. The molecular formula is C8H11O2PS. The van der Waals surface area contributed by atoms with Gasteiger partial charge in [0.05, 0.1) is 11.2 Å². The highest BCUT2D eigenvalue weighted by Crippen LogP contribution is 2.07. The molecule has 2 nitrogen and oxygen atoms in total. The van der Waals surface area contributed by atoms with Crippen LogP contribution >= 0.6 is 9.24 Å². The third-order valence-electron chi connectivity index (χ3n) is 1.48. The minimum Gasteiger partial charge on any atom is -0.228 e. The zero-order valence-electron chi connectivity index (χ0n) is 6.60. The molecule has 0 fully saturated rings. The van der Waals surface area contributed by atoms with Gasteiger partial charge in [0.2, 0.25) is 0 Å². The molecule has 0 aliphatic carbocycles. The summed E-state index contributed by atoms with van der Waals surface area (Å²) < 4.78 is 22.3. The maximum atomic E-state index is 11.1. The van der Waals surface area contributed by atoms with Crippen molar-refractivity contribution in [3.05, 3.63) is 35.9 Å². The molecule has 0 aliphatic heterocycles. The van der Waals surface area contributed by atoms with E-state index in [1.54, 1.807) is 0 Å². The molecule has 0 saturated heterocycles. The third-order valence-corrected chi connectivity index (χ3v) is 4.29. The normalized spacial score (nSPS) is 11.4. The minimum atomic E-state index is -2.91. The second-order valence-electron chi connectivity index (χ2n) is 2.54. The molecule has 4 heteroatoms. The van der Waals surface area contributed by atoms with Crippen LogP contribution in [0.2, 0.25) is 0 Å². The molecule has 0 N–H and O–H groups in total. The van der Waals surface area contributed by atoms with Crippen molar-refractivity contribution in [1.29, 1.82) is 0 Å². The van der Waals surface area contributed by atoms with Crippen molar-refractivity contribution in [2.75, 3.05) is 5.49 Å². The van der Waals surface area contributed by atoms with E-state index in [9.17, 15) is 8.42 Å². The lowest BCUT2D eigenvalue weighted by Gasteiger charge is -1.99. The number of sulfone groups is 1. The van der Waals surface area contributed by atoms with Gasteiger partial charge in [-0.2, -0.15) is 0 Å². The highest BCUT2D eigenvalue weighted by atomic mass is 32.2. The molecule has 0 bridgehead atoms. The van der Waals surface area contributed by atoms with Crippen LogP contribution in [0, 0.1) is 0 Å². The first-order chi connectivity index (χ1) is 5.64. The van der Waals surface area contributed by atoms with E-state index >= 15 is 0 Å². The van der Waals surface area contributed by atoms with E-state index < -0.39 is 9.84 Å². The quantitative estimate of drug-likeness (QED) is 0.695. The van der Waals surface area contributed by atoms with Crippen LogP contribution in [-0.4, -0.2) is 13.9 Å². The number of rotatable bonds is 3. The first-order valence-electron chi connectivity index (χ1n) is 3.58. The highest BCUT2D eigenvalue weighted by Gasteiger charge is 2.07. The maximum Gasteiger partial charge on any atom is 0.157 e. The Kier molecular flexibility index (Phi) is 3.24. The predicted octanol–water partition coefficient (Wildman–Crippen LogP) is 1.43. The fourth-order valence-corrected chi connectivity index (χ4v) is 2.06. The Morgan fingerprint density at radius 1 is 1.17 bits per heavy atom. The molecule has 1 atom stereocenters. The van der Waals surface area contributed by atoms with Gasteiger partial charge in [0.15, 0.2) is 9.84 Å². The smallest absolute Gasteiger partial charge is 0.157 e. The topological polar surface area (TPSA) is 34.1 Å². The summed E-state index contributed by atoms with van der Waals surface area (Å²) in [7, 11) is -0.678. The fraction of sp³-hybridized carbons (Fsp3) is 0.250. The summed E-state index contributed by atoms with van der Waals surface area (Å²) in [5, 5.41) is 0. The first kappa shape index (κ1) is 9.69. The summed E-state index contributed by atoms with van der Waals surface area (Å²) in [5.41, 5.74) is 0.974. The summed E-state index contributed by atoms with van der Waals surface area (Å²) in [6.45, 7) is 0. The van der Waals surface area contributed by atoms with Crippen LogP contribution in [0.4, 0.5) is 0 Å². The predicted molar refractivity (Wildman–Crippen MR) is 53.6 cm³/mol. The average molecular weight is 202 g/mol. The third kappa shape index (κ3) is 2.92. The molecule has 1 aromatic rings. The van der Waals surface area contributed by atoms with Gasteiger partial charge in [-0.15, -0.1) is 9.24 Å². The van der Waals surface area contributed by atoms with Crippen LogP contribution in [-0.2, 0) is 15.6 Å². The zero-order valence-corrected chi connectivity index (χ0v) is 8.57. The largest absolute Gasteiger partial charge is 0.228 e. The van der Waals surface area contributed by atoms with E-state index in [2.05, 4.69) is 9.24 Å². The Bertz CT molecular complexity index is 331. The van der Waals surface area contributed by atoms with Crippen LogP contribution in [0.5, 0.6) is 0 Å². The SMILES string of the molecule is O=S(=O)(CP)Cc1ccccc1. The summed E-state index contributed by atoms with van der Waals surface area (Å²) in [5.74, 6) is 0.136. The molecule has 1 aromatic carbocycles. The molecule has 1 unspecified atom stereocenters. The molecular weight excluding hydrogens is 191 g/mol. The van der Waals surface area contributed by atoms with Crippen molar-refractivity contribution in [2.45, 2.75) is 5.75 Å². The lowest BCUT2D eigenvalue weighted by Crippen LogP contribution is -2.04. The Labute approximate surface area is 75.1 Å². The van der Waals surface area contributed by atoms with Crippen LogP contribution in [0.25, 0.3) is 0 Å². The number of hydrogen-bond acceptors (Lipinski definition) is 2. The molecule has 1 rings (SSSR count). The molecule has 0 radical (unpaired) electrons. The minimum absolute atomic E-state index is 0.127. The molecule has 0 spiro atoms. The molecule has 0 aromatic heterocycles. The monoisotopic (exact) mass is 202 g/mol. The summed E-state index contributed by atoms with van der Waals surface area (Å²) in [6.07, 6.45) is 0. The Morgan fingerprint density at radius 2 is 1.75 bits per heavy atom. The molecule has 0 saturated carbocycles. The standard InChI is InChI=1S/C8H11O2PS/c9-12(10,7-11)6-8-4-2-1-3-5-8/h1-5H,6-7,11H2. The van der Waals surface area contributed by atoms with E-state index in [4.69, 9.17) is 0 Å². The van der Waals surface area contributed by atoms with E-state index in [0.717, 1.165) is 5.56 Å². The first-order valence-corrected chi connectivity index (χ1v) is 6.22. The second kappa shape index (κ2) is 4.01. The Hall–Kier alpha value is -0.400. The Balaban J connectivity index is 2.78. The van der Waals surface area contributed by atoms with Crippen molar-refractivity contribution in [3.63, 3.8) is 0 Å². The molecule has 66 valence electrons. The van der Waals surface area contributed by atoms with Gasteiger partial charge in [-0.1, -0.05) is 30.3 Å². The van der Waals surface area contributed by atoms with Crippen molar-refractivity contribution in [3.8, 4) is 0 Å². The molecule has 0 aliphatic rings. The van der Waals surface area contributed by atoms with Crippen LogP contribution < -0.4 is 0 Å². The van der Waals surface area contributed by atoms with Crippen molar-refractivity contribution in [2.24, 2.45) is 0 Å². The second-order valence-corrected chi connectivity index (χ2v) is 5.65. The fourth-order valence-electron chi connectivity index (χ4n) is 0.887. The van der Waals surface area contributed by atoms with Gasteiger partial charge in [0.1, 0.15) is 0 Å². The van der Waals surface area contributed by atoms with Crippen LogP contribution in [0.3, 0.4) is 0 Å². The number of benzene rings is 1. The lowest BCUT2D eigenvalue weighted by atomic mass is 10.2. The van der Waals surface area contributed by atoms with Crippen LogP contribution in [0.15, 0.2) is 30.3 Å². The van der Waals surface area contributed by atoms with E-state index in [1.807, 2.05) is 30.3 Å². The lowest BCUT2D eigenvalue weighted by molar-refractivity contribution is 0.600. The zero-order chi connectivity index (χ0) is 9.03. The highest BCUT2D eigenvalue weighted by molar-refractivity contribution is 7.94. The van der Waals surface area contributed by atoms with Crippen LogP contribution in [0.1, 0.15) is 5.56 Å². The molecule has 0 amide bonds. The van der Waals surface area contributed by atoms with Gasteiger partial charge in [0, 0.05) is 0 Å². The average Bonchev–Trinajstić information content (AvgIpc) is 2.06. The van der Waals surface area contributed by atoms with Crippen molar-refractivity contribution >= 4 is 19.1 Å². The van der Waals surface area contributed by atoms with Gasteiger partial charge in [-0.3, -0.25) is 0 Å². The summed E-state index contributed by atoms with van der Waals surface area (Å²) in [4.78, 5) is 0. The van der Waals surface area contributed by atoms with Gasteiger partial charge >= 0.3 is 0 Å². The number of hydrogen-bond donors (Lipinski definition) is 0. The van der Waals surface area contributed by atoms with Gasteiger partial charge in [-0.25, -0.2) is 8.42 Å². The van der Waals surface area contributed by atoms with Crippen molar-refractivity contribution in [1.82, 2.24) is 0 Å². The van der Waals surface area contributed by atoms with E-state index in [-0.39, 0.29) is 11.2 Å². The summed E-state index contributed by atoms with van der Waals surface area (Å²) in [6, 6.07) is 9.19. The van der Waals surface area contributed by atoms with E-state index in [0.29, 0.717) is 0 Å². The van der Waals surface area contributed by atoms with Gasteiger partial charge < -0.3 is 0 Å². The van der Waals surface area contributed by atoms with E-state index in [1.165, 1.54) is 0 Å². The van der Waals surface area contributed by atoms with Gasteiger partial charge in [0.25, 0.3) is 0 Å².